The van der Waals surface area contributed by atoms with Gasteiger partial charge in [-0.25, -0.2) is 13.7 Å². The highest BCUT2D eigenvalue weighted by Crippen LogP contribution is 2.47. The first kappa shape index (κ1) is 45.4. The van der Waals surface area contributed by atoms with Crippen molar-refractivity contribution in [2.45, 2.75) is 46.5 Å². The number of benzene rings is 3. The molecule has 2 aromatic carbocycles. The monoisotopic (exact) mass is 843 g/mol. The van der Waals surface area contributed by atoms with Crippen LogP contribution in [-0.2, 0) is 40.8 Å². The maximum atomic E-state index is 13.3. The Morgan fingerprint density at radius 3 is 2.12 bits per heavy atom. The maximum Gasteiger partial charge on any atom is 0.472 e. The number of aromatic hydroxyl groups is 1. The van der Waals surface area contributed by atoms with Crippen LogP contribution < -0.4 is 10.7 Å². The largest absolute Gasteiger partial charge is 0.508 e. The van der Waals surface area contributed by atoms with Gasteiger partial charge in [0.05, 0.1) is 39.6 Å². The predicted octanol–water partition coefficient (Wildman–Crippen LogP) is 7.25. The molecule has 0 aromatic heterocycles. The van der Waals surface area contributed by atoms with Gasteiger partial charge in [0.1, 0.15) is 17.1 Å². The summed E-state index contributed by atoms with van der Waals surface area (Å²) < 4.78 is 71.9. The quantitative estimate of drug-likeness (QED) is 0.0265. The van der Waals surface area contributed by atoms with E-state index in [1.165, 1.54) is 31.2 Å². The molecular formula is C36H48NO16P3. The zero-order chi connectivity index (χ0) is 40.9. The highest BCUT2D eigenvalue weighted by Gasteiger charge is 2.28. The van der Waals surface area contributed by atoms with Crippen LogP contribution in [0.3, 0.4) is 0 Å². The number of nitrogens with one attached hydrogen (secondary N) is 1. The number of carbonyl (C=O) groups is 1. The second-order valence-corrected chi connectivity index (χ2v) is 17.5. The van der Waals surface area contributed by atoms with E-state index in [0.29, 0.717) is 52.7 Å². The van der Waals surface area contributed by atoms with Crippen LogP contribution in [0, 0.1) is 11.8 Å². The lowest BCUT2D eigenvalue weighted by molar-refractivity contribution is 0.0832. The predicted molar refractivity (Wildman–Crippen MR) is 206 cm³/mol. The lowest BCUT2D eigenvalue weighted by Crippen LogP contribution is -2.24. The van der Waals surface area contributed by atoms with Crippen LogP contribution in [0.2, 0.25) is 0 Å². The summed E-state index contributed by atoms with van der Waals surface area (Å²) in [7, 11) is -13.3. The van der Waals surface area contributed by atoms with E-state index in [1.54, 1.807) is 44.2 Å². The van der Waals surface area contributed by atoms with Gasteiger partial charge in [0, 0.05) is 46.7 Å². The van der Waals surface area contributed by atoms with E-state index in [2.05, 4.69) is 9.84 Å². The summed E-state index contributed by atoms with van der Waals surface area (Å²) in [5, 5.41) is 13.6. The molecule has 20 heteroatoms. The molecule has 0 bridgehead atoms. The minimum absolute atomic E-state index is 0.00773. The van der Waals surface area contributed by atoms with E-state index in [4.69, 9.17) is 27.0 Å². The summed E-state index contributed by atoms with van der Waals surface area (Å²) in [5.41, 5.74) is 2.55. The molecular weight excluding hydrogens is 795 g/mol. The Hall–Kier alpha value is -3.27. The smallest absolute Gasteiger partial charge is 0.472 e. The molecule has 0 fully saturated rings. The van der Waals surface area contributed by atoms with Crippen molar-refractivity contribution in [2.75, 3.05) is 46.2 Å². The standard InChI is InChI=1S/C36H48NO16P3/c1-4-47-54(41,42)48-17-8-18-49-55(43,44)51-23-26(24-52-56(45,46)50-22-25(2)3)9-5-6-16-37-36(40)28-11-7-10-27(19-28)35-31-14-12-29(38)20-33(31)53-34-21-30(39)13-15-32(34)35/h7,10-15,19-21,25-26,38H,4-6,8-9,16-18,22-24H2,1-3H3,(H,37,40)(H,41,42)(H,43,44)(H,45,46). The third-order valence-corrected chi connectivity index (χ3v) is 11.1. The summed E-state index contributed by atoms with van der Waals surface area (Å²) in [5.74, 6) is -0.733. The van der Waals surface area contributed by atoms with Crippen molar-refractivity contribution >= 4 is 40.3 Å². The zero-order valence-corrected chi connectivity index (χ0v) is 33.9. The van der Waals surface area contributed by atoms with Gasteiger partial charge in [-0.1, -0.05) is 32.4 Å². The number of fused-ring (bicyclic) bond motifs is 2. The van der Waals surface area contributed by atoms with E-state index in [-0.39, 0.29) is 69.0 Å². The Morgan fingerprint density at radius 2 is 1.45 bits per heavy atom. The fourth-order valence-electron chi connectivity index (χ4n) is 5.40. The van der Waals surface area contributed by atoms with Crippen LogP contribution in [0.1, 0.15) is 56.8 Å². The first-order valence-corrected chi connectivity index (χ1v) is 22.4. The topological polar surface area (TPSA) is 247 Å². The van der Waals surface area contributed by atoms with E-state index in [1.807, 2.05) is 6.07 Å². The maximum absolute atomic E-state index is 13.3. The van der Waals surface area contributed by atoms with Crippen LogP contribution in [0.15, 0.2) is 69.9 Å². The zero-order valence-electron chi connectivity index (χ0n) is 31.2. The van der Waals surface area contributed by atoms with Crippen molar-refractivity contribution in [3.63, 3.8) is 0 Å². The van der Waals surface area contributed by atoms with Crippen molar-refractivity contribution in [3.8, 4) is 28.2 Å². The fourth-order valence-corrected chi connectivity index (χ4v) is 7.95. The first-order chi connectivity index (χ1) is 26.5. The SMILES string of the molecule is CCOP(=O)(O)OCCCOP(=O)(O)OCC(CCCCNC(=O)c1cccc(-c2c3ccc(=O)cc-3oc3cc(O)ccc23)c1)COP(=O)(O)OCC(C)C. The van der Waals surface area contributed by atoms with Gasteiger partial charge in [-0.15, -0.1) is 0 Å². The van der Waals surface area contributed by atoms with Crippen LogP contribution in [0.4, 0.5) is 0 Å². The van der Waals surface area contributed by atoms with Gasteiger partial charge in [-0.2, -0.15) is 0 Å². The molecule has 0 spiro atoms. The molecule has 1 aliphatic carbocycles. The number of phosphoric acid groups is 3. The van der Waals surface area contributed by atoms with Gasteiger partial charge >= 0.3 is 23.5 Å². The van der Waals surface area contributed by atoms with Crippen molar-refractivity contribution in [2.24, 2.45) is 11.8 Å². The van der Waals surface area contributed by atoms with Crippen molar-refractivity contribution < 1.29 is 69.8 Å². The number of rotatable bonds is 24. The van der Waals surface area contributed by atoms with E-state index in [9.17, 15) is 43.1 Å². The summed E-state index contributed by atoms with van der Waals surface area (Å²) in [6.45, 7) is 3.89. The molecule has 1 amide bonds. The molecule has 4 unspecified atom stereocenters. The molecule has 5 N–H and O–H groups in total. The number of carbonyl (C=O) groups excluding carboxylic acids is 1. The molecule has 2 aromatic rings. The van der Waals surface area contributed by atoms with E-state index >= 15 is 0 Å². The van der Waals surface area contributed by atoms with Gasteiger partial charge in [0.25, 0.3) is 5.91 Å². The lowest BCUT2D eigenvalue weighted by Gasteiger charge is -2.21. The number of hydrogen-bond donors (Lipinski definition) is 5. The number of unbranched alkanes of at least 4 members (excludes halogenated alkanes) is 1. The Morgan fingerprint density at radius 1 is 0.786 bits per heavy atom. The van der Waals surface area contributed by atoms with Gasteiger partial charge < -0.3 is 29.5 Å². The van der Waals surface area contributed by atoms with Crippen molar-refractivity contribution in [1.29, 1.82) is 0 Å². The molecule has 4 rings (SSSR count). The summed E-state index contributed by atoms with van der Waals surface area (Å²) >= 11 is 0. The Bertz CT molecular complexity index is 2090. The molecule has 1 aliphatic heterocycles. The molecule has 308 valence electrons. The van der Waals surface area contributed by atoms with Gasteiger partial charge in [-0.05, 0) is 74.1 Å². The molecule has 0 saturated heterocycles. The summed E-state index contributed by atoms with van der Waals surface area (Å²) in [4.78, 5) is 55.1. The Kier molecular flexibility index (Phi) is 17.0. The molecule has 0 saturated carbocycles. The molecule has 1 heterocycles. The van der Waals surface area contributed by atoms with Gasteiger partial charge in [0.2, 0.25) is 0 Å². The second-order valence-electron chi connectivity index (χ2n) is 13.1. The average Bonchev–Trinajstić information content (AvgIpc) is 3.13. The minimum Gasteiger partial charge on any atom is -0.508 e. The Labute approximate surface area is 324 Å². The van der Waals surface area contributed by atoms with E-state index < -0.39 is 36.0 Å². The average molecular weight is 844 g/mol. The van der Waals surface area contributed by atoms with Crippen molar-refractivity contribution in [3.05, 3.63) is 76.5 Å². The number of phenols is 1. The minimum atomic E-state index is -4.60. The third-order valence-electron chi connectivity index (χ3n) is 8.02. The van der Waals surface area contributed by atoms with E-state index in [0.717, 1.165) is 5.56 Å². The number of phenolic OH excluding ortho intramolecular Hbond substituents is 1. The Balaban J connectivity index is 1.34. The lowest BCUT2D eigenvalue weighted by atomic mass is 9.92. The first-order valence-electron chi connectivity index (χ1n) is 17.9. The van der Waals surface area contributed by atoms with Gasteiger partial charge in [0.15, 0.2) is 5.43 Å². The van der Waals surface area contributed by atoms with Crippen LogP contribution in [0.25, 0.3) is 33.4 Å². The molecule has 4 atom stereocenters. The fraction of sp³-hybridized carbons (Fsp3) is 0.444. The summed E-state index contributed by atoms with van der Waals surface area (Å²) in [6, 6.07) is 16.1. The van der Waals surface area contributed by atoms with Crippen molar-refractivity contribution in [1.82, 2.24) is 5.32 Å². The summed E-state index contributed by atoms with van der Waals surface area (Å²) in [6.07, 6.45) is 1.19. The second kappa shape index (κ2) is 20.9. The van der Waals surface area contributed by atoms with Gasteiger partial charge in [-0.3, -0.25) is 36.7 Å². The molecule has 0 radical (unpaired) electrons. The molecule has 56 heavy (non-hydrogen) atoms. The number of hydrogen-bond acceptors (Lipinski definition) is 13. The van der Waals surface area contributed by atoms with Crippen LogP contribution in [0.5, 0.6) is 5.75 Å². The third kappa shape index (κ3) is 14.6. The highest BCUT2D eigenvalue weighted by molar-refractivity contribution is 7.47. The highest BCUT2D eigenvalue weighted by atomic mass is 31.2. The molecule has 17 nitrogen and oxygen atoms in total. The van der Waals surface area contributed by atoms with Crippen LogP contribution in [-0.4, -0.2) is 71.9 Å². The van der Waals surface area contributed by atoms with Crippen LogP contribution >= 0.6 is 23.5 Å². The number of phosphoric ester groups is 3. The normalized spacial score (nSPS) is 15.7. The number of amides is 1. The molecule has 2 aliphatic rings.